The van der Waals surface area contributed by atoms with E-state index >= 15 is 0 Å². The van der Waals surface area contributed by atoms with Crippen LogP contribution in [0.4, 0.5) is 0 Å². The van der Waals surface area contributed by atoms with Crippen LogP contribution in [0, 0.1) is 0 Å². The van der Waals surface area contributed by atoms with E-state index in [0.29, 0.717) is 6.54 Å². The van der Waals surface area contributed by atoms with Gasteiger partial charge < -0.3 is 20.8 Å². The average Bonchev–Trinajstić information content (AvgIpc) is 2.52. The van der Waals surface area contributed by atoms with E-state index in [1.807, 2.05) is 38.2 Å². The largest absolute Gasteiger partial charge is 0.469 e. The van der Waals surface area contributed by atoms with Crippen LogP contribution in [0.2, 0.25) is 0 Å². The Labute approximate surface area is 139 Å². The molecule has 0 rings (SSSR count). The Morgan fingerprint density at radius 3 is 2.13 bits per heavy atom. The van der Waals surface area contributed by atoms with Crippen LogP contribution in [0.25, 0.3) is 0 Å². The Morgan fingerprint density at radius 2 is 1.83 bits per heavy atom. The fourth-order valence-corrected chi connectivity index (χ4v) is 1.43. The zero-order valence-corrected chi connectivity index (χ0v) is 15.3. The highest BCUT2D eigenvalue weighted by molar-refractivity contribution is 7.46. The van der Waals surface area contributed by atoms with Gasteiger partial charge in [0.1, 0.15) is 0 Å². The summed E-state index contributed by atoms with van der Waals surface area (Å²) in [5.41, 5.74) is 6.34. The van der Waals surface area contributed by atoms with Crippen LogP contribution in [-0.2, 0) is 9.09 Å². The van der Waals surface area contributed by atoms with E-state index in [9.17, 15) is 4.57 Å². The molecule has 0 aromatic rings. The normalized spacial score (nSPS) is 12.0. The summed E-state index contributed by atoms with van der Waals surface area (Å²) >= 11 is 0. The standard InChI is InChI=1S/C11H15N.C3H10NO4P.CH5N/c1-5-8-10(7-3)11(12-4)9-6-2;1-4-2-3-8-9(5,6)7;1-2/h5-9H,3-4H2,1-2H3;4H,2-3H2,1H3,(H2,5,6,7);2H2,1H3/b8-5-,9-6-,11-10-;;. The van der Waals surface area contributed by atoms with Gasteiger partial charge in [0.05, 0.1) is 12.3 Å². The molecule has 8 heteroatoms. The monoisotopic (exact) mass is 347 g/mol. The van der Waals surface area contributed by atoms with E-state index in [-0.39, 0.29) is 6.61 Å². The number of phosphoric ester groups is 1. The average molecular weight is 347 g/mol. The molecule has 0 amide bonds. The van der Waals surface area contributed by atoms with Gasteiger partial charge in [0.25, 0.3) is 0 Å². The topological polar surface area (TPSA) is 117 Å². The van der Waals surface area contributed by atoms with Gasteiger partial charge >= 0.3 is 7.82 Å². The van der Waals surface area contributed by atoms with Crippen LogP contribution in [0.5, 0.6) is 0 Å². The zero-order valence-electron chi connectivity index (χ0n) is 14.4. The fraction of sp³-hybridized carbons (Fsp3) is 0.400. The Balaban J connectivity index is -0.000000324. The van der Waals surface area contributed by atoms with Crippen molar-refractivity contribution in [2.75, 3.05) is 27.2 Å². The van der Waals surface area contributed by atoms with Crippen molar-refractivity contribution < 1.29 is 18.9 Å². The molecule has 0 heterocycles. The van der Waals surface area contributed by atoms with Crippen LogP contribution < -0.4 is 11.1 Å². The maximum atomic E-state index is 9.95. The number of aliphatic imine (C=N–C) groups is 1. The van der Waals surface area contributed by atoms with Crippen LogP contribution in [0.3, 0.4) is 0 Å². The molecule has 0 atom stereocenters. The van der Waals surface area contributed by atoms with Crippen molar-refractivity contribution in [3.8, 4) is 0 Å². The van der Waals surface area contributed by atoms with Crippen molar-refractivity contribution in [1.82, 2.24) is 5.32 Å². The highest BCUT2D eigenvalue weighted by atomic mass is 31.2. The summed E-state index contributed by atoms with van der Waals surface area (Å²) in [4.78, 5) is 20.1. The number of nitrogens with zero attached hydrogens (tertiary/aromatic N) is 1. The van der Waals surface area contributed by atoms with Crippen molar-refractivity contribution >= 4 is 14.5 Å². The second-order valence-electron chi connectivity index (χ2n) is 3.63. The molecule has 0 spiro atoms. The van der Waals surface area contributed by atoms with E-state index < -0.39 is 7.82 Å². The molecule has 0 saturated carbocycles. The first-order valence-electron chi connectivity index (χ1n) is 6.87. The number of nitrogens with one attached hydrogen (secondary N) is 1. The van der Waals surface area contributed by atoms with Gasteiger partial charge in [-0.15, -0.1) is 0 Å². The molecule has 0 unspecified atom stereocenters. The molecule has 23 heavy (non-hydrogen) atoms. The first-order valence-corrected chi connectivity index (χ1v) is 8.40. The summed E-state index contributed by atoms with van der Waals surface area (Å²) in [6.45, 7) is 11.6. The second-order valence-corrected chi connectivity index (χ2v) is 4.87. The molecule has 0 aromatic carbocycles. The van der Waals surface area contributed by atoms with Gasteiger partial charge in [0, 0.05) is 6.54 Å². The quantitative estimate of drug-likeness (QED) is 0.231. The van der Waals surface area contributed by atoms with Gasteiger partial charge in [-0.25, -0.2) is 4.57 Å². The van der Waals surface area contributed by atoms with Crippen LogP contribution in [0.1, 0.15) is 13.8 Å². The number of likely N-dealkylation sites (N-methyl/N-ethyl adjacent to an activating group) is 1. The van der Waals surface area contributed by atoms with Gasteiger partial charge in [-0.05, 0) is 46.3 Å². The lowest BCUT2D eigenvalue weighted by Gasteiger charge is -2.02. The minimum Gasteiger partial charge on any atom is -0.333 e. The molecule has 0 aliphatic carbocycles. The number of allylic oxidation sites excluding steroid dienone is 6. The van der Waals surface area contributed by atoms with Gasteiger partial charge in [0.2, 0.25) is 0 Å². The maximum Gasteiger partial charge on any atom is 0.469 e. The minimum atomic E-state index is -4.24. The summed E-state index contributed by atoms with van der Waals surface area (Å²) in [5.74, 6) is 0. The van der Waals surface area contributed by atoms with Crippen LogP contribution >= 0.6 is 7.82 Å². The molecule has 0 aliphatic rings. The van der Waals surface area contributed by atoms with Crippen LogP contribution in [-0.4, -0.2) is 43.8 Å². The second kappa shape index (κ2) is 18.7. The molecule has 5 N–H and O–H groups in total. The van der Waals surface area contributed by atoms with E-state index in [0.717, 1.165) is 11.3 Å². The predicted molar refractivity (Wildman–Crippen MR) is 98.4 cm³/mol. The third-order valence-electron chi connectivity index (χ3n) is 1.97. The molecule has 134 valence electrons. The SMILES string of the molecule is C=CC(/C=C\C)=C(\C=C/C)N=C.CN.CNCCOP(=O)(O)O. The van der Waals surface area contributed by atoms with Gasteiger partial charge in [-0.3, -0.25) is 9.52 Å². The summed E-state index contributed by atoms with van der Waals surface area (Å²) < 4.78 is 14.0. The summed E-state index contributed by atoms with van der Waals surface area (Å²) in [6, 6.07) is 0. The predicted octanol–water partition coefficient (Wildman–Crippen LogP) is 2.17. The van der Waals surface area contributed by atoms with Crippen molar-refractivity contribution in [2.24, 2.45) is 10.7 Å². The summed E-state index contributed by atoms with van der Waals surface area (Å²) in [6.07, 6.45) is 9.51. The van der Waals surface area contributed by atoms with Gasteiger partial charge in [0.15, 0.2) is 0 Å². The minimum absolute atomic E-state index is 0.0285. The molecule has 7 nitrogen and oxygen atoms in total. The number of rotatable bonds is 8. The molecule has 0 bridgehead atoms. The van der Waals surface area contributed by atoms with Gasteiger partial charge in [-0.2, -0.15) is 0 Å². The summed E-state index contributed by atoms with van der Waals surface area (Å²) in [5, 5.41) is 2.67. The molecule has 0 aromatic heterocycles. The van der Waals surface area contributed by atoms with E-state index in [2.05, 4.69) is 33.9 Å². The number of nitrogens with two attached hydrogens (primary N) is 1. The van der Waals surface area contributed by atoms with Crippen molar-refractivity contribution in [3.63, 3.8) is 0 Å². The van der Waals surface area contributed by atoms with Crippen molar-refractivity contribution in [3.05, 3.63) is 48.2 Å². The Bertz CT molecular complexity index is 414. The third kappa shape index (κ3) is 20.7. The van der Waals surface area contributed by atoms with Crippen molar-refractivity contribution in [2.45, 2.75) is 13.8 Å². The lowest BCUT2D eigenvalue weighted by atomic mass is 10.2. The number of phosphoric acid groups is 1. The smallest absolute Gasteiger partial charge is 0.333 e. The van der Waals surface area contributed by atoms with E-state index in [1.165, 1.54) is 7.05 Å². The third-order valence-corrected chi connectivity index (χ3v) is 2.49. The highest BCUT2D eigenvalue weighted by Gasteiger charge is 2.11. The number of hydrogen-bond acceptors (Lipinski definition) is 5. The van der Waals surface area contributed by atoms with E-state index in [4.69, 9.17) is 9.79 Å². The maximum absolute atomic E-state index is 9.95. The molecule has 0 saturated heterocycles. The molecular formula is C15H30N3O4P. The van der Waals surface area contributed by atoms with Crippen LogP contribution in [0.15, 0.2) is 53.2 Å². The summed E-state index contributed by atoms with van der Waals surface area (Å²) in [7, 11) is -1.07. The molecule has 0 aliphatic heterocycles. The number of hydrogen-bond donors (Lipinski definition) is 4. The van der Waals surface area contributed by atoms with E-state index in [1.54, 1.807) is 13.1 Å². The zero-order chi connectivity index (χ0) is 18.7. The first kappa shape index (κ1) is 26.6. The highest BCUT2D eigenvalue weighted by Crippen LogP contribution is 2.34. The Kier molecular flexibility index (Phi) is 21.6. The molecule has 0 radical (unpaired) electrons. The Hall–Kier alpha value is -1.34. The molecular weight excluding hydrogens is 317 g/mol. The fourth-order valence-electron chi connectivity index (χ4n) is 1.10. The van der Waals surface area contributed by atoms with Gasteiger partial charge in [-0.1, -0.05) is 30.9 Å². The lowest BCUT2D eigenvalue weighted by Crippen LogP contribution is -2.13. The lowest BCUT2D eigenvalue weighted by molar-refractivity contribution is 0.199. The van der Waals surface area contributed by atoms with Crippen molar-refractivity contribution in [1.29, 1.82) is 0 Å². The Morgan fingerprint density at radius 1 is 1.30 bits per heavy atom. The molecule has 0 fully saturated rings. The first-order chi connectivity index (χ1) is 10.9.